The van der Waals surface area contributed by atoms with Crippen molar-refractivity contribution >= 4 is 20.9 Å². The predicted molar refractivity (Wildman–Crippen MR) is 89.2 cm³/mol. The SMILES string of the molecule is CCS(=O)(=O)N1CCC(NCc2cccc3[nH]ccc23)CC1. The molecular formula is C16H23N3O2S. The molecule has 0 bridgehead atoms. The van der Waals surface area contributed by atoms with Gasteiger partial charge in [0.05, 0.1) is 5.75 Å². The van der Waals surface area contributed by atoms with Crippen LogP contribution in [-0.4, -0.2) is 42.6 Å². The van der Waals surface area contributed by atoms with Gasteiger partial charge in [0, 0.05) is 42.8 Å². The third-order valence-electron chi connectivity index (χ3n) is 4.48. The molecule has 1 aliphatic rings. The highest BCUT2D eigenvalue weighted by Gasteiger charge is 2.26. The van der Waals surface area contributed by atoms with Crippen molar-refractivity contribution in [1.29, 1.82) is 0 Å². The summed E-state index contributed by atoms with van der Waals surface area (Å²) in [7, 11) is -3.03. The van der Waals surface area contributed by atoms with E-state index in [2.05, 4.69) is 34.6 Å². The van der Waals surface area contributed by atoms with Gasteiger partial charge in [0.25, 0.3) is 0 Å². The fourth-order valence-electron chi connectivity index (χ4n) is 3.08. The van der Waals surface area contributed by atoms with E-state index in [-0.39, 0.29) is 5.75 Å². The molecule has 22 heavy (non-hydrogen) atoms. The van der Waals surface area contributed by atoms with Crippen LogP contribution in [0.25, 0.3) is 10.9 Å². The molecule has 0 radical (unpaired) electrons. The number of sulfonamides is 1. The molecule has 0 saturated carbocycles. The Hall–Kier alpha value is -1.37. The quantitative estimate of drug-likeness (QED) is 0.886. The average molecular weight is 321 g/mol. The lowest BCUT2D eigenvalue weighted by Gasteiger charge is -2.31. The number of aromatic amines is 1. The van der Waals surface area contributed by atoms with Crippen LogP contribution in [0.2, 0.25) is 0 Å². The summed E-state index contributed by atoms with van der Waals surface area (Å²) >= 11 is 0. The summed E-state index contributed by atoms with van der Waals surface area (Å²) in [5.74, 6) is 0.195. The Kier molecular flexibility index (Phi) is 4.52. The van der Waals surface area contributed by atoms with E-state index in [0.717, 1.165) is 24.9 Å². The highest BCUT2D eigenvalue weighted by Crippen LogP contribution is 2.19. The van der Waals surface area contributed by atoms with Crippen molar-refractivity contribution in [2.75, 3.05) is 18.8 Å². The first-order chi connectivity index (χ1) is 10.6. The number of H-pyrrole nitrogens is 1. The summed E-state index contributed by atoms with van der Waals surface area (Å²) in [6.45, 7) is 3.78. The lowest BCUT2D eigenvalue weighted by molar-refractivity contribution is 0.289. The van der Waals surface area contributed by atoms with E-state index in [1.165, 1.54) is 10.9 Å². The summed E-state index contributed by atoms with van der Waals surface area (Å²) in [6, 6.07) is 8.76. The van der Waals surface area contributed by atoms with Crippen LogP contribution < -0.4 is 5.32 Å². The van der Waals surface area contributed by atoms with Gasteiger partial charge in [-0.05, 0) is 37.5 Å². The van der Waals surface area contributed by atoms with Crippen LogP contribution in [0.15, 0.2) is 30.5 Å². The molecule has 2 aromatic rings. The number of nitrogens with zero attached hydrogens (tertiary/aromatic N) is 1. The van der Waals surface area contributed by atoms with Gasteiger partial charge in [-0.25, -0.2) is 12.7 Å². The highest BCUT2D eigenvalue weighted by molar-refractivity contribution is 7.89. The lowest BCUT2D eigenvalue weighted by atomic mass is 10.1. The van der Waals surface area contributed by atoms with E-state index >= 15 is 0 Å². The molecule has 0 unspecified atom stereocenters. The monoisotopic (exact) mass is 321 g/mol. The van der Waals surface area contributed by atoms with Gasteiger partial charge in [-0.3, -0.25) is 0 Å². The minimum Gasteiger partial charge on any atom is -0.361 e. The Morgan fingerprint density at radius 3 is 2.77 bits per heavy atom. The third kappa shape index (κ3) is 3.19. The number of aromatic nitrogens is 1. The van der Waals surface area contributed by atoms with Gasteiger partial charge in [0.15, 0.2) is 0 Å². The van der Waals surface area contributed by atoms with Crippen molar-refractivity contribution < 1.29 is 8.42 Å². The number of piperidine rings is 1. The smallest absolute Gasteiger partial charge is 0.213 e. The van der Waals surface area contributed by atoms with Crippen LogP contribution in [0.4, 0.5) is 0 Å². The molecule has 0 amide bonds. The van der Waals surface area contributed by atoms with Gasteiger partial charge in [-0.2, -0.15) is 0 Å². The number of hydrogen-bond acceptors (Lipinski definition) is 3. The fourth-order valence-corrected chi connectivity index (χ4v) is 4.21. The molecule has 3 rings (SSSR count). The summed E-state index contributed by atoms with van der Waals surface area (Å²) in [5.41, 5.74) is 2.44. The second-order valence-corrected chi connectivity index (χ2v) is 8.07. The standard InChI is InChI=1S/C16H23N3O2S/c1-2-22(20,21)19-10-7-14(8-11-19)18-12-13-4-3-5-16-15(13)6-9-17-16/h3-6,9,14,17-18H,2,7-8,10-12H2,1H3. The largest absolute Gasteiger partial charge is 0.361 e. The molecule has 1 aromatic heterocycles. The van der Waals surface area contributed by atoms with Crippen LogP contribution in [0.5, 0.6) is 0 Å². The Labute approximate surface area is 131 Å². The molecule has 2 N–H and O–H groups in total. The first-order valence-corrected chi connectivity index (χ1v) is 9.47. The van der Waals surface area contributed by atoms with Crippen LogP contribution in [0, 0.1) is 0 Å². The molecule has 120 valence electrons. The first kappa shape index (κ1) is 15.5. The molecule has 2 heterocycles. The van der Waals surface area contributed by atoms with Gasteiger partial charge in [-0.1, -0.05) is 12.1 Å². The lowest BCUT2D eigenvalue weighted by Crippen LogP contribution is -2.45. The topological polar surface area (TPSA) is 65.2 Å². The van der Waals surface area contributed by atoms with E-state index in [1.54, 1.807) is 11.2 Å². The highest BCUT2D eigenvalue weighted by atomic mass is 32.2. The second-order valence-electron chi connectivity index (χ2n) is 5.81. The minimum atomic E-state index is -3.03. The Morgan fingerprint density at radius 1 is 1.27 bits per heavy atom. The predicted octanol–water partition coefficient (Wildman–Crippen LogP) is 2.07. The van der Waals surface area contributed by atoms with Gasteiger partial charge in [-0.15, -0.1) is 0 Å². The molecule has 5 nitrogen and oxygen atoms in total. The van der Waals surface area contributed by atoms with E-state index in [9.17, 15) is 8.42 Å². The summed E-state index contributed by atoms with van der Waals surface area (Å²) in [4.78, 5) is 3.23. The summed E-state index contributed by atoms with van der Waals surface area (Å²) in [6.07, 6.45) is 3.72. The number of benzene rings is 1. The van der Waals surface area contributed by atoms with E-state index in [0.29, 0.717) is 19.1 Å². The molecule has 1 fully saturated rings. The minimum absolute atomic E-state index is 0.195. The molecule has 0 aliphatic carbocycles. The van der Waals surface area contributed by atoms with Gasteiger partial charge >= 0.3 is 0 Å². The zero-order chi connectivity index (χ0) is 15.6. The molecular weight excluding hydrogens is 298 g/mol. The fraction of sp³-hybridized carbons (Fsp3) is 0.500. The summed E-state index contributed by atoms with van der Waals surface area (Å²) < 4.78 is 25.3. The van der Waals surface area contributed by atoms with Crippen LogP contribution in [0.3, 0.4) is 0 Å². The molecule has 1 aromatic carbocycles. The van der Waals surface area contributed by atoms with Gasteiger partial charge < -0.3 is 10.3 Å². The molecule has 1 aliphatic heterocycles. The van der Waals surface area contributed by atoms with E-state index in [1.807, 2.05) is 6.20 Å². The zero-order valence-electron chi connectivity index (χ0n) is 12.9. The number of fused-ring (bicyclic) bond motifs is 1. The maximum atomic E-state index is 11.9. The molecule has 0 spiro atoms. The van der Waals surface area contributed by atoms with E-state index < -0.39 is 10.0 Å². The molecule has 0 atom stereocenters. The second kappa shape index (κ2) is 6.40. The van der Waals surface area contributed by atoms with Crippen molar-refractivity contribution in [3.8, 4) is 0 Å². The van der Waals surface area contributed by atoms with Gasteiger partial charge in [0.1, 0.15) is 0 Å². The Bertz CT molecular complexity index is 731. The maximum Gasteiger partial charge on any atom is 0.213 e. The number of nitrogens with one attached hydrogen (secondary N) is 2. The van der Waals surface area contributed by atoms with Crippen molar-refractivity contribution in [2.24, 2.45) is 0 Å². The average Bonchev–Trinajstić information content (AvgIpc) is 3.02. The van der Waals surface area contributed by atoms with Gasteiger partial charge in [0.2, 0.25) is 10.0 Å². The molecule has 1 saturated heterocycles. The maximum absolute atomic E-state index is 11.9. The van der Waals surface area contributed by atoms with Crippen LogP contribution in [0.1, 0.15) is 25.3 Å². The number of hydrogen-bond donors (Lipinski definition) is 2. The van der Waals surface area contributed by atoms with Crippen molar-refractivity contribution in [3.63, 3.8) is 0 Å². The first-order valence-electron chi connectivity index (χ1n) is 7.86. The Balaban J connectivity index is 1.57. The number of rotatable bonds is 5. The van der Waals surface area contributed by atoms with Crippen molar-refractivity contribution in [3.05, 3.63) is 36.0 Å². The van der Waals surface area contributed by atoms with Crippen LogP contribution in [-0.2, 0) is 16.6 Å². The third-order valence-corrected chi connectivity index (χ3v) is 6.36. The van der Waals surface area contributed by atoms with Crippen LogP contribution >= 0.6 is 0 Å². The van der Waals surface area contributed by atoms with Crippen molar-refractivity contribution in [2.45, 2.75) is 32.4 Å². The summed E-state index contributed by atoms with van der Waals surface area (Å²) in [5, 5.41) is 4.83. The Morgan fingerprint density at radius 2 is 2.05 bits per heavy atom. The van der Waals surface area contributed by atoms with Crippen molar-refractivity contribution in [1.82, 2.24) is 14.6 Å². The normalized spacial score (nSPS) is 18.0. The van der Waals surface area contributed by atoms with E-state index in [4.69, 9.17) is 0 Å². The zero-order valence-corrected chi connectivity index (χ0v) is 13.7. The molecule has 6 heteroatoms.